The van der Waals surface area contributed by atoms with E-state index in [2.05, 4.69) is 21.2 Å². The summed E-state index contributed by atoms with van der Waals surface area (Å²) in [4.78, 5) is 6.52. The minimum absolute atomic E-state index is 0.0422. The second kappa shape index (κ2) is 6.53. The summed E-state index contributed by atoms with van der Waals surface area (Å²) in [5.41, 5.74) is 1.31. The Morgan fingerprint density at radius 2 is 2.29 bits per heavy atom. The smallest absolute Gasteiger partial charge is 0.137 e. The van der Waals surface area contributed by atoms with Crippen molar-refractivity contribution >= 4 is 0 Å². The standard InChI is InChI=1S/C18H24N4O2/c1-21-11-15(9-20-21)12-22-13-18(14-22)16(5-8-24-18)4-7-23-17-3-2-6-19-10-17/h2-3,6,9-11,16H,4-5,7-8,12-14H2,1H3. The highest BCUT2D eigenvalue weighted by Crippen LogP contribution is 2.42. The highest BCUT2D eigenvalue weighted by atomic mass is 16.5. The molecular weight excluding hydrogens is 304 g/mol. The SMILES string of the molecule is Cn1cc(CN2CC3(C2)OCCC3CCOc2cccnc2)cn1. The molecule has 0 aliphatic carbocycles. The molecule has 0 saturated carbocycles. The fourth-order valence-corrected chi connectivity index (χ4v) is 3.93. The van der Waals surface area contributed by atoms with Gasteiger partial charge in [-0.3, -0.25) is 14.6 Å². The van der Waals surface area contributed by atoms with Gasteiger partial charge in [-0.15, -0.1) is 0 Å². The van der Waals surface area contributed by atoms with Crippen molar-refractivity contribution in [3.63, 3.8) is 0 Å². The molecule has 24 heavy (non-hydrogen) atoms. The Balaban J connectivity index is 1.26. The van der Waals surface area contributed by atoms with Crippen molar-refractivity contribution in [3.8, 4) is 5.75 Å². The van der Waals surface area contributed by atoms with E-state index in [4.69, 9.17) is 9.47 Å². The maximum atomic E-state index is 6.13. The van der Waals surface area contributed by atoms with Crippen LogP contribution in [0, 0.1) is 5.92 Å². The average molecular weight is 328 g/mol. The molecule has 0 amide bonds. The van der Waals surface area contributed by atoms with Gasteiger partial charge in [-0.25, -0.2) is 0 Å². The van der Waals surface area contributed by atoms with E-state index in [1.54, 1.807) is 12.4 Å². The van der Waals surface area contributed by atoms with Crippen molar-refractivity contribution in [3.05, 3.63) is 42.5 Å². The minimum Gasteiger partial charge on any atom is -0.492 e. The number of aryl methyl sites for hydroxylation is 1. The molecule has 2 aliphatic rings. The Morgan fingerprint density at radius 3 is 3.04 bits per heavy atom. The van der Waals surface area contributed by atoms with Gasteiger partial charge in [0.1, 0.15) is 5.75 Å². The molecule has 4 heterocycles. The van der Waals surface area contributed by atoms with E-state index in [0.29, 0.717) is 5.92 Å². The quantitative estimate of drug-likeness (QED) is 0.810. The van der Waals surface area contributed by atoms with Gasteiger partial charge >= 0.3 is 0 Å². The van der Waals surface area contributed by atoms with Crippen LogP contribution in [0.2, 0.25) is 0 Å². The predicted molar refractivity (Wildman–Crippen MR) is 89.6 cm³/mol. The summed E-state index contributed by atoms with van der Waals surface area (Å²) in [6.07, 6.45) is 9.73. The largest absolute Gasteiger partial charge is 0.492 e. The molecule has 0 N–H and O–H groups in total. The minimum atomic E-state index is 0.0422. The van der Waals surface area contributed by atoms with Crippen molar-refractivity contribution < 1.29 is 9.47 Å². The molecule has 2 aliphatic heterocycles. The predicted octanol–water partition coefficient (Wildman–Crippen LogP) is 1.88. The van der Waals surface area contributed by atoms with Crippen LogP contribution >= 0.6 is 0 Å². The maximum Gasteiger partial charge on any atom is 0.137 e. The molecule has 2 aromatic rings. The molecule has 4 rings (SSSR count). The molecule has 1 atom stereocenters. The summed E-state index contributed by atoms with van der Waals surface area (Å²) in [7, 11) is 1.96. The summed E-state index contributed by atoms with van der Waals surface area (Å²) in [6, 6.07) is 3.85. The molecule has 6 nitrogen and oxygen atoms in total. The number of hydrogen-bond donors (Lipinski definition) is 0. The first-order valence-electron chi connectivity index (χ1n) is 8.60. The van der Waals surface area contributed by atoms with Crippen molar-refractivity contribution in [1.82, 2.24) is 19.7 Å². The lowest BCUT2D eigenvalue weighted by Crippen LogP contribution is -2.64. The zero-order valence-corrected chi connectivity index (χ0v) is 14.1. The van der Waals surface area contributed by atoms with Gasteiger partial charge in [-0.1, -0.05) is 0 Å². The molecule has 2 fully saturated rings. The summed E-state index contributed by atoms with van der Waals surface area (Å²) < 4.78 is 13.8. The van der Waals surface area contributed by atoms with Gasteiger partial charge in [0.05, 0.1) is 24.6 Å². The first kappa shape index (κ1) is 15.6. The van der Waals surface area contributed by atoms with Crippen LogP contribution in [0.4, 0.5) is 0 Å². The van der Waals surface area contributed by atoms with Crippen LogP contribution in [0.5, 0.6) is 5.75 Å². The van der Waals surface area contributed by atoms with Gasteiger partial charge in [-0.2, -0.15) is 5.10 Å². The van der Waals surface area contributed by atoms with Crippen LogP contribution in [-0.2, 0) is 18.3 Å². The number of aromatic nitrogens is 3. The zero-order chi connectivity index (χ0) is 16.4. The monoisotopic (exact) mass is 328 g/mol. The average Bonchev–Trinajstić information content (AvgIpc) is 3.15. The van der Waals surface area contributed by atoms with Gasteiger partial charge in [0.2, 0.25) is 0 Å². The molecular formula is C18H24N4O2. The van der Waals surface area contributed by atoms with Gasteiger partial charge in [0.15, 0.2) is 0 Å². The van der Waals surface area contributed by atoms with Crippen LogP contribution < -0.4 is 4.74 Å². The van der Waals surface area contributed by atoms with E-state index in [0.717, 1.165) is 51.4 Å². The molecule has 128 valence electrons. The van der Waals surface area contributed by atoms with Crippen LogP contribution in [0.1, 0.15) is 18.4 Å². The third-order valence-electron chi connectivity index (χ3n) is 5.12. The highest BCUT2D eigenvalue weighted by molar-refractivity contribution is 5.15. The molecule has 6 heteroatoms. The second-order valence-corrected chi connectivity index (χ2v) is 6.89. The Kier molecular flexibility index (Phi) is 4.24. The lowest BCUT2D eigenvalue weighted by molar-refractivity contribution is -0.138. The van der Waals surface area contributed by atoms with E-state index in [1.165, 1.54) is 5.56 Å². The zero-order valence-electron chi connectivity index (χ0n) is 14.1. The first-order chi connectivity index (χ1) is 11.7. The number of ether oxygens (including phenoxy) is 2. The lowest BCUT2D eigenvalue weighted by atomic mass is 9.79. The molecule has 0 aromatic carbocycles. The highest BCUT2D eigenvalue weighted by Gasteiger charge is 2.52. The number of hydrogen-bond acceptors (Lipinski definition) is 5. The Hall–Kier alpha value is -1.92. The van der Waals surface area contributed by atoms with E-state index in [-0.39, 0.29) is 5.60 Å². The van der Waals surface area contributed by atoms with E-state index < -0.39 is 0 Å². The van der Waals surface area contributed by atoms with Crippen molar-refractivity contribution in [2.75, 3.05) is 26.3 Å². The summed E-state index contributed by atoms with van der Waals surface area (Å²) in [6.45, 7) is 4.58. The van der Waals surface area contributed by atoms with E-state index in [9.17, 15) is 0 Å². The van der Waals surface area contributed by atoms with Crippen LogP contribution in [0.3, 0.4) is 0 Å². The Morgan fingerprint density at radius 1 is 1.38 bits per heavy atom. The van der Waals surface area contributed by atoms with Crippen molar-refractivity contribution in [2.45, 2.75) is 25.0 Å². The first-order valence-corrected chi connectivity index (χ1v) is 8.60. The van der Waals surface area contributed by atoms with Crippen LogP contribution in [0.25, 0.3) is 0 Å². The molecule has 1 unspecified atom stereocenters. The third kappa shape index (κ3) is 3.16. The summed E-state index contributed by atoms with van der Waals surface area (Å²) in [5.74, 6) is 1.43. The number of rotatable bonds is 6. The number of pyridine rings is 1. The van der Waals surface area contributed by atoms with Gasteiger partial charge in [0.25, 0.3) is 0 Å². The Bertz CT molecular complexity index is 667. The van der Waals surface area contributed by atoms with Gasteiger partial charge < -0.3 is 9.47 Å². The van der Waals surface area contributed by atoms with Crippen LogP contribution in [0.15, 0.2) is 36.9 Å². The third-order valence-corrected chi connectivity index (χ3v) is 5.12. The normalized spacial score (nSPS) is 22.6. The van der Waals surface area contributed by atoms with Gasteiger partial charge in [0, 0.05) is 51.2 Å². The fraction of sp³-hybridized carbons (Fsp3) is 0.556. The summed E-state index contributed by atoms with van der Waals surface area (Å²) in [5, 5.41) is 4.24. The number of likely N-dealkylation sites (tertiary alicyclic amines) is 1. The number of nitrogens with zero attached hydrogens (tertiary/aromatic N) is 4. The van der Waals surface area contributed by atoms with Crippen LogP contribution in [-0.4, -0.2) is 51.6 Å². The Labute approximate surface area is 142 Å². The van der Waals surface area contributed by atoms with Crippen molar-refractivity contribution in [2.24, 2.45) is 13.0 Å². The maximum absolute atomic E-state index is 6.13. The lowest BCUT2D eigenvalue weighted by Gasteiger charge is -2.50. The molecule has 2 saturated heterocycles. The molecule has 1 spiro atoms. The molecule has 2 aromatic heterocycles. The fourth-order valence-electron chi connectivity index (χ4n) is 3.93. The second-order valence-electron chi connectivity index (χ2n) is 6.89. The molecule has 0 bridgehead atoms. The van der Waals surface area contributed by atoms with Gasteiger partial charge in [-0.05, 0) is 30.9 Å². The van der Waals surface area contributed by atoms with E-state index in [1.807, 2.05) is 30.1 Å². The van der Waals surface area contributed by atoms with E-state index >= 15 is 0 Å². The topological polar surface area (TPSA) is 52.4 Å². The van der Waals surface area contributed by atoms with Crippen molar-refractivity contribution in [1.29, 1.82) is 0 Å². The summed E-state index contributed by atoms with van der Waals surface area (Å²) >= 11 is 0. The molecule has 0 radical (unpaired) electrons.